The van der Waals surface area contributed by atoms with Crippen LogP contribution < -0.4 is 0 Å². The molecule has 4 atom stereocenters. The van der Waals surface area contributed by atoms with E-state index in [2.05, 4.69) is 6.92 Å². The van der Waals surface area contributed by atoms with Crippen molar-refractivity contribution in [2.75, 3.05) is 6.61 Å². The summed E-state index contributed by atoms with van der Waals surface area (Å²) < 4.78 is 0. The monoisotopic (exact) mass is 166 g/mol. The third kappa shape index (κ3) is 0.506. The Kier molecular flexibility index (Phi) is 0.958. The minimum Gasteiger partial charge on any atom is -0.395 e. The molecule has 4 bridgehead atoms. The molecule has 0 aromatic heterocycles. The molecule has 0 aliphatic heterocycles. The zero-order valence-electron chi connectivity index (χ0n) is 7.34. The summed E-state index contributed by atoms with van der Waals surface area (Å²) in [7, 11) is 0. The highest BCUT2D eigenvalue weighted by atomic mass is 16.3. The lowest BCUT2D eigenvalue weighted by molar-refractivity contribution is -0.136. The van der Waals surface area contributed by atoms with E-state index in [1.165, 1.54) is 0 Å². The predicted molar refractivity (Wildman–Crippen MR) is 43.5 cm³/mol. The van der Waals surface area contributed by atoms with Crippen molar-refractivity contribution in [2.24, 2.45) is 22.7 Å². The smallest absolute Gasteiger partial charge is 0.141 e. The van der Waals surface area contributed by atoms with Crippen LogP contribution in [-0.2, 0) is 4.79 Å². The number of carbonyl (C=O) groups is 1. The normalized spacial score (nSPS) is 60.7. The summed E-state index contributed by atoms with van der Waals surface area (Å²) in [6, 6.07) is 0. The second-order valence-electron chi connectivity index (χ2n) is 5.17. The van der Waals surface area contributed by atoms with Crippen molar-refractivity contribution in [3.8, 4) is 0 Å². The summed E-state index contributed by atoms with van der Waals surface area (Å²) in [4.78, 5) is 11.6. The number of aliphatic hydroxyl groups excluding tert-OH is 1. The lowest BCUT2D eigenvalue weighted by atomic mass is 9.69. The van der Waals surface area contributed by atoms with Crippen molar-refractivity contribution < 1.29 is 9.90 Å². The Morgan fingerprint density at radius 1 is 1.58 bits per heavy atom. The molecule has 1 N–H and O–H groups in total. The molecule has 1 unspecified atom stereocenters. The van der Waals surface area contributed by atoms with Crippen LogP contribution in [0.4, 0.5) is 0 Å². The maximum atomic E-state index is 11.6. The zero-order valence-corrected chi connectivity index (χ0v) is 7.34. The second-order valence-corrected chi connectivity index (χ2v) is 5.17. The Morgan fingerprint density at radius 2 is 2.33 bits per heavy atom. The predicted octanol–water partition coefficient (Wildman–Crippen LogP) is 0.984. The van der Waals surface area contributed by atoms with Gasteiger partial charge in [-0.15, -0.1) is 0 Å². The molecule has 0 heterocycles. The van der Waals surface area contributed by atoms with Crippen molar-refractivity contribution in [3.05, 3.63) is 0 Å². The molecule has 4 aliphatic carbocycles. The minimum absolute atomic E-state index is 0.0879. The van der Waals surface area contributed by atoms with E-state index in [0.717, 1.165) is 25.2 Å². The van der Waals surface area contributed by atoms with E-state index < -0.39 is 0 Å². The summed E-state index contributed by atoms with van der Waals surface area (Å²) in [6.45, 7) is 2.37. The fourth-order valence-electron chi connectivity index (χ4n) is 3.84. The Balaban J connectivity index is 2.02. The van der Waals surface area contributed by atoms with E-state index in [1.54, 1.807) is 0 Å². The van der Waals surface area contributed by atoms with Gasteiger partial charge in [0.15, 0.2) is 0 Å². The first-order chi connectivity index (χ1) is 5.62. The number of aliphatic hydroxyl groups is 1. The molecular weight excluding hydrogens is 152 g/mol. The number of hydrogen-bond donors (Lipinski definition) is 1. The van der Waals surface area contributed by atoms with E-state index >= 15 is 0 Å². The number of ketones is 1. The molecule has 4 aliphatic rings. The van der Waals surface area contributed by atoms with E-state index in [9.17, 15) is 9.90 Å². The molecule has 4 fully saturated rings. The highest BCUT2D eigenvalue weighted by Crippen LogP contribution is 2.77. The van der Waals surface area contributed by atoms with Crippen molar-refractivity contribution in [1.82, 2.24) is 0 Å². The third-order valence-corrected chi connectivity index (χ3v) is 4.70. The van der Waals surface area contributed by atoms with Crippen LogP contribution in [0.5, 0.6) is 0 Å². The summed E-state index contributed by atoms with van der Waals surface area (Å²) in [5.41, 5.74) is 0.144. The second kappa shape index (κ2) is 1.63. The fourth-order valence-corrected chi connectivity index (χ4v) is 3.84. The van der Waals surface area contributed by atoms with Crippen LogP contribution in [0.1, 0.15) is 26.2 Å². The van der Waals surface area contributed by atoms with Gasteiger partial charge in [-0.2, -0.15) is 0 Å². The number of Topliss-reactive ketones (excluding diaryl/α,β-unsaturated/α-hetero) is 1. The van der Waals surface area contributed by atoms with Gasteiger partial charge in [-0.05, 0) is 30.1 Å². The molecule has 4 saturated carbocycles. The lowest BCUT2D eigenvalue weighted by Crippen LogP contribution is -2.40. The Labute approximate surface area is 72.0 Å². The minimum atomic E-state index is -0.297. The highest BCUT2D eigenvalue weighted by molar-refractivity contribution is 5.89. The first kappa shape index (κ1) is 7.07. The quantitative estimate of drug-likeness (QED) is 0.630. The van der Waals surface area contributed by atoms with Gasteiger partial charge in [-0.3, -0.25) is 4.79 Å². The van der Waals surface area contributed by atoms with Gasteiger partial charge in [0.05, 0.1) is 12.0 Å². The third-order valence-electron chi connectivity index (χ3n) is 4.70. The molecular formula is C10H14O2. The van der Waals surface area contributed by atoms with Gasteiger partial charge < -0.3 is 5.11 Å². The van der Waals surface area contributed by atoms with Crippen molar-refractivity contribution in [2.45, 2.75) is 26.2 Å². The maximum absolute atomic E-state index is 11.6. The first-order valence-electron chi connectivity index (χ1n) is 4.77. The van der Waals surface area contributed by atoms with E-state index in [0.29, 0.717) is 17.1 Å². The molecule has 12 heavy (non-hydrogen) atoms. The van der Waals surface area contributed by atoms with Crippen LogP contribution in [0.15, 0.2) is 0 Å². The topological polar surface area (TPSA) is 37.3 Å². The maximum Gasteiger partial charge on any atom is 0.141 e. The SMILES string of the molecule is C[C@]12C[C@]3(CO)CC1[C@H]2CC3=O. The van der Waals surface area contributed by atoms with Gasteiger partial charge in [0.2, 0.25) is 0 Å². The van der Waals surface area contributed by atoms with Gasteiger partial charge >= 0.3 is 0 Å². The molecule has 2 heteroatoms. The summed E-state index contributed by atoms with van der Waals surface area (Å²) >= 11 is 0. The van der Waals surface area contributed by atoms with E-state index in [-0.39, 0.29) is 12.0 Å². The molecule has 4 rings (SSSR count). The molecule has 0 aromatic carbocycles. The Hall–Kier alpha value is -0.370. The van der Waals surface area contributed by atoms with Crippen LogP contribution >= 0.6 is 0 Å². The van der Waals surface area contributed by atoms with Gasteiger partial charge in [-0.25, -0.2) is 0 Å². The number of carbonyl (C=O) groups excluding carboxylic acids is 1. The molecule has 66 valence electrons. The number of rotatable bonds is 1. The Bertz CT molecular complexity index is 273. The Morgan fingerprint density at radius 3 is 2.75 bits per heavy atom. The van der Waals surface area contributed by atoms with Crippen LogP contribution in [0.25, 0.3) is 0 Å². The van der Waals surface area contributed by atoms with Gasteiger partial charge in [0.1, 0.15) is 5.78 Å². The largest absolute Gasteiger partial charge is 0.395 e. The summed E-state index contributed by atoms with van der Waals surface area (Å²) in [6.07, 6.45) is 2.69. The summed E-state index contributed by atoms with van der Waals surface area (Å²) in [5.74, 6) is 1.78. The van der Waals surface area contributed by atoms with Crippen LogP contribution in [0.2, 0.25) is 0 Å². The van der Waals surface area contributed by atoms with Crippen molar-refractivity contribution in [3.63, 3.8) is 0 Å². The molecule has 2 nitrogen and oxygen atoms in total. The zero-order chi connectivity index (χ0) is 8.56. The average Bonchev–Trinajstić information content (AvgIpc) is 2.49. The fraction of sp³-hybridized carbons (Fsp3) is 0.900. The van der Waals surface area contributed by atoms with Gasteiger partial charge in [0.25, 0.3) is 0 Å². The first-order valence-corrected chi connectivity index (χ1v) is 4.77. The highest BCUT2D eigenvalue weighted by Gasteiger charge is 2.75. The standard InChI is InChI=1S/C10H14O2/c1-9-4-10(5-11)3-7(9)6(9)2-8(10)12/h6-7,11H,2-5H2,1H3/t6-,7?,9-,10+/m1/s1. The number of hydrogen-bond acceptors (Lipinski definition) is 2. The molecule has 0 radical (unpaired) electrons. The van der Waals surface area contributed by atoms with Crippen LogP contribution in [0, 0.1) is 22.7 Å². The van der Waals surface area contributed by atoms with E-state index in [4.69, 9.17) is 0 Å². The van der Waals surface area contributed by atoms with Gasteiger partial charge in [0, 0.05) is 6.42 Å². The van der Waals surface area contributed by atoms with Crippen LogP contribution in [-0.4, -0.2) is 17.5 Å². The molecule has 0 spiro atoms. The number of fused-ring (bicyclic) bond motifs is 1. The van der Waals surface area contributed by atoms with Gasteiger partial charge in [-0.1, -0.05) is 6.92 Å². The average molecular weight is 166 g/mol. The molecule has 0 saturated heterocycles. The molecule has 0 aromatic rings. The van der Waals surface area contributed by atoms with E-state index in [1.807, 2.05) is 0 Å². The van der Waals surface area contributed by atoms with Crippen LogP contribution in [0.3, 0.4) is 0 Å². The van der Waals surface area contributed by atoms with Crippen molar-refractivity contribution in [1.29, 1.82) is 0 Å². The lowest BCUT2D eigenvalue weighted by Gasteiger charge is -2.34. The molecule has 0 amide bonds. The van der Waals surface area contributed by atoms with Crippen molar-refractivity contribution >= 4 is 5.78 Å². The summed E-state index contributed by atoms with van der Waals surface area (Å²) in [5, 5.41) is 9.24.